The lowest BCUT2D eigenvalue weighted by Crippen LogP contribution is -1.83. The molecular formula is C3H5NOS. The first-order valence-electron chi connectivity index (χ1n) is 1.56. The van der Waals surface area contributed by atoms with Crippen molar-refractivity contribution in [1.82, 2.24) is 0 Å². The summed E-state index contributed by atoms with van der Waals surface area (Å²) in [7, 11) is 0. The molecule has 6 heavy (non-hydrogen) atoms. The fourth-order valence-corrected chi connectivity index (χ4v) is 0.187. The van der Waals surface area contributed by atoms with Crippen LogP contribution in [-0.2, 0) is 0 Å². The van der Waals surface area contributed by atoms with Gasteiger partial charge in [-0.25, -0.2) is 4.99 Å². The number of isothiocyanates is 1. The summed E-state index contributed by atoms with van der Waals surface area (Å²) in [6.45, 7) is 0.438. The molecule has 0 aliphatic rings. The summed E-state index contributed by atoms with van der Waals surface area (Å²) in [5, 5.41) is 10.1. The molecule has 2 nitrogen and oxygen atoms in total. The molecule has 0 fully saturated rings. The molecule has 0 atom stereocenters. The van der Waals surface area contributed by atoms with Gasteiger partial charge in [0.2, 0.25) is 0 Å². The van der Waals surface area contributed by atoms with E-state index in [0.29, 0.717) is 6.54 Å². The molecule has 0 aliphatic heterocycles. The Hall–Kier alpha value is -0.240. The highest BCUT2D eigenvalue weighted by atomic mass is 32.1. The van der Waals surface area contributed by atoms with Crippen LogP contribution in [0.5, 0.6) is 0 Å². The van der Waals surface area contributed by atoms with Crippen molar-refractivity contribution in [3.05, 3.63) is 0 Å². The van der Waals surface area contributed by atoms with Gasteiger partial charge in [0.05, 0.1) is 18.3 Å². The molecule has 0 heterocycles. The molecule has 34 valence electrons. The van der Waals surface area contributed by atoms with Crippen LogP contribution >= 0.6 is 12.2 Å². The smallest absolute Gasteiger partial charge is 0.0724 e. The van der Waals surface area contributed by atoms with Crippen molar-refractivity contribution >= 4 is 17.4 Å². The Labute approximate surface area is 41.5 Å². The second kappa shape index (κ2) is 4.76. The zero-order chi connectivity index (χ0) is 4.83. The molecule has 0 unspecified atom stereocenters. The SMILES string of the molecule is OCCN=C=S. The summed E-state index contributed by atoms with van der Waals surface area (Å²) in [6, 6.07) is 0. The largest absolute Gasteiger partial charge is 0.394 e. The molecular weight excluding hydrogens is 98.1 g/mol. The molecule has 0 aliphatic carbocycles. The van der Waals surface area contributed by atoms with Crippen LogP contribution in [0.4, 0.5) is 0 Å². The maximum atomic E-state index is 8.02. The summed E-state index contributed by atoms with van der Waals surface area (Å²) in [5.41, 5.74) is 0. The number of aliphatic hydroxyl groups excluding tert-OH is 1. The molecule has 0 radical (unpaired) electrons. The first-order valence-corrected chi connectivity index (χ1v) is 1.97. The van der Waals surface area contributed by atoms with Crippen LogP contribution in [0.15, 0.2) is 4.99 Å². The van der Waals surface area contributed by atoms with Gasteiger partial charge in [-0.2, -0.15) is 0 Å². The summed E-state index contributed by atoms with van der Waals surface area (Å²) in [5.74, 6) is 0. The summed E-state index contributed by atoms with van der Waals surface area (Å²) >= 11 is 4.19. The minimum Gasteiger partial charge on any atom is -0.394 e. The highest BCUT2D eigenvalue weighted by molar-refractivity contribution is 7.78. The first-order chi connectivity index (χ1) is 2.91. The molecule has 0 bridgehead atoms. The Morgan fingerprint density at radius 3 is 2.67 bits per heavy atom. The number of rotatable bonds is 2. The van der Waals surface area contributed by atoms with E-state index < -0.39 is 0 Å². The zero-order valence-corrected chi connectivity index (χ0v) is 4.03. The number of hydrogen-bond donors (Lipinski definition) is 1. The Balaban J connectivity index is 2.86. The van der Waals surface area contributed by atoms with Crippen molar-refractivity contribution in [3.8, 4) is 0 Å². The fourth-order valence-electron chi connectivity index (χ4n) is 0.0956. The molecule has 0 aromatic rings. The molecule has 3 heteroatoms. The van der Waals surface area contributed by atoms with Crippen molar-refractivity contribution in [2.45, 2.75) is 0 Å². The average Bonchev–Trinajstić information content (AvgIpc) is 1.61. The summed E-state index contributed by atoms with van der Waals surface area (Å²) < 4.78 is 0. The fraction of sp³-hybridized carbons (Fsp3) is 0.667. The monoisotopic (exact) mass is 103 g/mol. The van der Waals surface area contributed by atoms with E-state index in [4.69, 9.17) is 5.11 Å². The third-order valence-corrected chi connectivity index (χ3v) is 0.405. The Bertz CT molecular complexity index is 67.2. The molecule has 0 saturated carbocycles. The third kappa shape index (κ3) is 3.76. The topological polar surface area (TPSA) is 32.6 Å². The van der Waals surface area contributed by atoms with Crippen LogP contribution < -0.4 is 0 Å². The van der Waals surface area contributed by atoms with Crippen LogP contribution in [0, 0.1) is 0 Å². The summed E-state index contributed by atoms with van der Waals surface area (Å²) in [4.78, 5) is 3.41. The van der Waals surface area contributed by atoms with Gasteiger partial charge in [-0.3, -0.25) is 0 Å². The van der Waals surface area contributed by atoms with Crippen LogP contribution in [0.3, 0.4) is 0 Å². The van der Waals surface area contributed by atoms with Crippen LogP contribution in [0.2, 0.25) is 0 Å². The Morgan fingerprint density at radius 1 is 1.83 bits per heavy atom. The number of nitrogens with zero attached hydrogens (tertiary/aromatic N) is 1. The predicted octanol–water partition coefficient (Wildman–Crippen LogP) is 0.0815. The molecule has 0 saturated heterocycles. The average molecular weight is 103 g/mol. The van der Waals surface area contributed by atoms with Gasteiger partial charge in [0.25, 0.3) is 0 Å². The Morgan fingerprint density at radius 2 is 2.50 bits per heavy atom. The molecule has 0 rings (SSSR count). The van der Waals surface area contributed by atoms with Gasteiger partial charge in [0, 0.05) is 0 Å². The standard InChI is InChI=1S/C3H5NOS/c5-2-1-4-3-6/h5H,1-2H2. The normalized spacial score (nSPS) is 6.83. The highest BCUT2D eigenvalue weighted by Crippen LogP contribution is 1.58. The number of thiocarbonyl (C=S) groups is 1. The van der Waals surface area contributed by atoms with Gasteiger partial charge in [-0.15, -0.1) is 0 Å². The molecule has 0 spiro atoms. The van der Waals surface area contributed by atoms with E-state index in [9.17, 15) is 0 Å². The first kappa shape index (κ1) is 5.76. The molecule has 1 N–H and O–H groups in total. The van der Waals surface area contributed by atoms with Crippen LogP contribution in [0.25, 0.3) is 0 Å². The maximum Gasteiger partial charge on any atom is 0.0724 e. The lowest BCUT2D eigenvalue weighted by molar-refractivity contribution is 0.307. The van der Waals surface area contributed by atoms with E-state index in [1.54, 1.807) is 0 Å². The minimum absolute atomic E-state index is 0.0592. The molecule has 0 aromatic heterocycles. The van der Waals surface area contributed by atoms with Crippen molar-refractivity contribution in [1.29, 1.82) is 0 Å². The minimum atomic E-state index is 0.0592. The Kier molecular flexibility index (Phi) is 4.57. The van der Waals surface area contributed by atoms with Gasteiger partial charge in [-0.1, -0.05) is 0 Å². The van der Waals surface area contributed by atoms with Crippen molar-refractivity contribution in [2.75, 3.05) is 13.2 Å². The van der Waals surface area contributed by atoms with E-state index in [0.717, 1.165) is 0 Å². The van der Waals surface area contributed by atoms with Gasteiger partial charge >= 0.3 is 0 Å². The van der Waals surface area contributed by atoms with Gasteiger partial charge in [0.15, 0.2) is 0 Å². The van der Waals surface area contributed by atoms with Crippen LogP contribution in [0.1, 0.15) is 0 Å². The van der Waals surface area contributed by atoms with Crippen molar-refractivity contribution < 1.29 is 5.11 Å². The van der Waals surface area contributed by atoms with E-state index in [-0.39, 0.29) is 6.61 Å². The van der Waals surface area contributed by atoms with E-state index in [2.05, 4.69) is 22.4 Å². The quantitative estimate of drug-likeness (QED) is 0.396. The second-order valence-electron chi connectivity index (χ2n) is 0.697. The zero-order valence-electron chi connectivity index (χ0n) is 3.22. The summed E-state index contributed by atoms with van der Waals surface area (Å²) in [6.07, 6.45) is 0. The number of aliphatic imine (C=N–C) groups is 1. The highest BCUT2D eigenvalue weighted by Gasteiger charge is 1.65. The van der Waals surface area contributed by atoms with Crippen molar-refractivity contribution in [2.24, 2.45) is 4.99 Å². The second-order valence-corrected chi connectivity index (χ2v) is 0.879. The molecule has 0 amide bonds. The van der Waals surface area contributed by atoms with Gasteiger partial charge in [-0.05, 0) is 12.2 Å². The van der Waals surface area contributed by atoms with Crippen LogP contribution in [-0.4, -0.2) is 23.4 Å². The van der Waals surface area contributed by atoms with Gasteiger partial charge in [0.1, 0.15) is 0 Å². The number of aliphatic hydroxyl groups is 1. The third-order valence-electron chi connectivity index (χ3n) is 0.276. The lowest BCUT2D eigenvalue weighted by atomic mass is 10.7. The van der Waals surface area contributed by atoms with E-state index >= 15 is 0 Å². The molecule has 0 aromatic carbocycles. The lowest BCUT2D eigenvalue weighted by Gasteiger charge is -1.73. The maximum absolute atomic E-state index is 8.02. The van der Waals surface area contributed by atoms with Crippen molar-refractivity contribution in [3.63, 3.8) is 0 Å². The van der Waals surface area contributed by atoms with Gasteiger partial charge < -0.3 is 5.11 Å². The van der Waals surface area contributed by atoms with E-state index in [1.165, 1.54) is 0 Å². The van der Waals surface area contributed by atoms with E-state index in [1.807, 2.05) is 0 Å². The number of hydrogen-bond acceptors (Lipinski definition) is 3. The predicted molar refractivity (Wildman–Crippen MR) is 27.0 cm³/mol.